The fraction of sp³-hybridized carbons (Fsp3) is 0.280. The summed E-state index contributed by atoms with van der Waals surface area (Å²) in [4.78, 5) is 27.2. The van der Waals surface area contributed by atoms with Crippen LogP contribution in [0.3, 0.4) is 0 Å². The number of thiophene rings is 1. The minimum atomic E-state index is -3.14. The Hall–Kier alpha value is -2.97. The van der Waals surface area contributed by atoms with Crippen molar-refractivity contribution in [3.05, 3.63) is 87.3 Å². The van der Waals surface area contributed by atoms with Crippen LogP contribution in [0.5, 0.6) is 0 Å². The first-order valence-corrected chi connectivity index (χ1v) is 13.7. The highest BCUT2D eigenvalue weighted by atomic mass is 32.2. The molecule has 2 amide bonds. The quantitative estimate of drug-likeness (QED) is 0.524. The van der Waals surface area contributed by atoms with Crippen LogP contribution in [0.1, 0.15) is 55.1 Å². The molecule has 0 radical (unpaired) electrons. The van der Waals surface area contributed by atoms with Gasteiger partial charge in [0.15, 0.2) is 9.84 Å². The lowest BCUT2D eigenvalue weighted by Gasteiger charge is -2.13. The standard InChI is InChI=1S/C25H26N2O4S2/c1-33(30,31)16-18-11-13-19(14-12-18)23(28)27-25-22(20-9-5-6-10-21(20)32-25)24(29)26-15-17-7-3-2-4-8-17/h2-4,7-8,11-14H,5-6,9-10,15-16H2,1H3,(H,26,29)(H,27,28). The van der Waals surface area contributed by atoms with Crippen LogP contribution < -0.4 is 10.6 Å². The van der Waals surface area contributed by atoms with Gasteiger partial charge in [0, 0.05) is 23.2 Å². The Kier molecular flexibility index (Phi) is 6.95. The second-order valence-corrected chi connectivity index (χ2v) is 11.5. The summed E-state index contributed by atoms with van der Waals surface area (Å²) in [6, 6.07) is 16.2. The number of amides is 2. The van der Waals surface area contributed by atoms with Crippen molar-refractivity contribution in [3.8, 4) is 0 Å². The fourth-order valence-corrected chi connectivity index (χ4v) is 6.07. The van der Waals surface area contributed by atoms with Gasteiger partial charge in [-0.25, -0.2) is 8.42 Å². The van der Waals surface area contributed by atoms with Gasteiger partial charge in [-0.05, 0) is 54.5 Å². The molecule has 1 aromatic heterocycles. The van der Waals surface area contributed by atoms with Crippen molar-refractivity contribution >= 4 is 38.0 Å². The van der Waals surface area contributed by atoms with Crippen molar-refractivity contribution in [2.45, 2.75) is 38.0 Å². The topological polar surface area (TPSA) is 92.3 Å². The van der Waals surface area contributed by atoms with Gasteiger partial charge in [0.25, 0.3) is 11.8 Å². The molecule has 0 atom stereocenters. The summed E-state index contributed by atoms with van der Waals surface area (Å²) in [5.41, 5.74) is 3.65. The zero-order valence-corrected chi connectivity index (χ0v) is 20.0. The van der Waals surface area contributed by atoms with E-state index in [1.54, 1.807) is 24.3 Å². The number of hydrogen-bond acceptors (Lipinski definition) is 5. The van der Waals surface area contributed by atoms with Gasteiger partial charge in [-0.3, -0.25) is 9.59 Å². The summed E-state index contributed by atoms with van der Waals surface area (Å²) in [5, 5.41) is 6.49. The van der Waals surface area contributed by atoms with Crippen molar-refractivity contribution in [1.82, 2.24) is 5.32 Å². The lowest BCUT2D eigenvalue weighted by molar-refractivity contribution is 0.0951. The lowest BCUT2D eigenvalue weighted by atomic mass is 9.95. The lowest BCUT2D eigenvalue weighted by Crippen LogP contribution is -2.25. The van der Waals surface area contributed by atoms with Gasteiger partial charge < -0.3 is 10.6 Å². The number of hydrogen-bond donors (Lipinski definition) is 2. The Balaban J connectivity index is 1.54. The van der Waals surface area contributed by atoms with Crippen LogP contribution >= 0.6 is 11.3 Å². The molecule has 0 fully saturated rings. The molecule has 0 unspecified atom stereocenters. The van der Waals surface area contributed by atoms with Gasteiger partial charge in [-0.15, -0.1) is 11.3 Å². The number of carbonyl (C=O) groups is 2. The summed E-state index contributed by atoms with van der Waals surface area (Å²) in [6.45, 7) is 0.416. The zero-order chi connectivity index (χ0) is 23.4. The second kappa shape index (κ2) is 9.89. The Morgan fingerprint density at radius 2 is 1.61 bits per heavy atom. The third-order valence-electron chi connectivity index (χ3n) is 5.57. The van der Waals surface area contributed by atoms with Crippen molar-refractivity contribution in [2.24, 2.45) is 0 Å². The maximum Gasteiger partial charge on any atom is 0.256 e. The van der Waals surface area contributed by atoms with E-state index >= 15 is 0 Å². The van der Waals surface area contributed by atoms with E-state index in [9.17, 15) is 18.0 Å². The fourth-order valence-electron chi connectivity index (χ4n) is 3.99. The third-order valence-corrected chi connectivity index (χ3v) is 7.63. The maximum absolute atomic E-state index is 13.2. The SMILES string of the molecule is CS(=O)(=O)Cc1ccc(C(=O)Nc2sc3c(c2C(=O)NCc2ccccc2)CCCC3)cc1. The number of fused-ring (bicyclic) bond motifs is 1. The molecule has 2 aromatic carbocycles. The van der Waals surface area contributed by atoms with Gasteiger partial charge in [0.2, 0.25) is 0 Å². The highest BCUT2D eigenvalue weighted by Crippen LogP contribution is 2.38. The van der Waals surface area contributed by atoms with Gasteiger partial charge in [-0.1, -0.05) is 42.5 Å². The first-order chi connectivity index (χ1) is 15.8. The summed E-state index contributed by atoms with van der Waals surface area (Å²) in [5.74, 6) is -0.577. The molecule has 172 valence electrons. The zero-order valence-electron chi connectivity index (χ0n) is 18.4. The molecule has 8 heteroatoms. The number of carbonyl (C=O) groups excluding carboxylic acids is 2. The predicted molar refractivity (Wildman–Crippen MR) is 132 cm³/mol. The van der Waals surface area contributed by atoms with Crippen LogP contribution in [0.2, 0.25) is 0 Å². The van der Waals surface area contributed by atoms with E-state index in [1.165, 1.54) is 17.6 Å². The summed E-state index contributed by atoms with van der Waals surface area (Å²) in [7, 11) is -3.14. The summed E-state index contributed by atoms with van der Waals surface area (Å²) in [6.07, 6.45) is 5.02. The van der Waals surface area contributed by atoms with Crippen molar-refractivity contribution in [2.75, 3.05) is 11.6 Å². The maximum atomic E-state index is 13.2. The minimum Gasteiger partial charge on any atom is -0.348 e. The van der Waals surface area contributed by atoms with E-state index in [2.05, 4.69) is 10.6 Å². The Morgan fingerprint density at radius 3 is 2.30 bits per heavy atom. The molecular formula is C25H26N2O4S2. The summed E-state index contributed by atoms with van der Waals surface area (Å²) >= 11 is 1.47. The highest BCUT2D eigenvalue weighted by molar-refractivity contribution is 7.89. The van der Waals surface area contributed by atoms with E-state index in [1.807, 2.05) is 30.3 Å². The smallest absolute Gasteiger partial charge is 0.256 e. The Morgan fingerprint density at radius 1 is 0.909 bits per heavy atom. The number of benzene rings is 2. The van der Waals surface area contributed by atoms with Crippen LogP contribution in [0, 0.1) is 0 Å². The van der Waals surface area contributed by atoms with Crippen molar-refractivity contribution in [3.63, 3.8) is 0 Å². The van der Waals surface area contributed by atoms with Gasteiger partial charge in [-0.2, -0.15) is 0 Å². The largest absolute Gasteiger partial charge is 0.348 e. The van der Waals surface area contributed by atoms with Gasteiger partial charge >= 0.3 is 0 Å². The molecule has 4 rings (SSSR count). The van der Waals surface area contributed by atoms with E-state index in [0.717, 1.165) is 41.7 Å². The van der Waals surface area contributed by atoms with Gasteiger partial charge in [0.05, 0.1) is 11.3 Å². The molecule has 0 saturated carbocycles. The summed E-state index contributed by atoms with van der Waals surface area (Å²) < 4.78 is 23.0. The molecule has 1 aliphatic rings. The molecule has 1 aliphatic carbocycles. The molecule has 6 nitrogen and oxygen atoms in total. The highest BCUT2D eigenvalue weighted by Gasteiger charge is 2.26. The van der Waals surface area contributed by atoms with E-state index in [4.69, 9.17) is 0 Å². The normalized spacial score (nSPS) is 13.2. The molecule has 1 heterocycles. The number of nitrogens with one attached hydrogen (secondary N) is 2. The molecule has 33 heavy (non-hydrogen) atoms. The van der Waals surface area contributed by atoms with Crippen LogP contribution in [0.25, 0.3) is 0 Å². The minimum absolute atomic E-state index is 0.0712. The van der Waals surface area contributed by atoms with E-state index in [-0.39, 0.29) is 17.6 Å². The van der Waals surface area contributed by atoms with E-state index < -0.39 is 9.84 Å². The van der Waals surface area contributed by atoms with Crippen LogP contribution in [0.4, 0.5) is 5.00 Å². The average molecular weight is 483 g/mol. The molecule has 3 aromatic rings. The van der Waals surface area contributed by atoms with Crippen molar-refractivity contribution in [1.29, 1.82) is 0 Å². The molecule has 2 N–H and O–H groups in total. The molecule has 0 saturated heterocycles. The average Bonchev–Trinajstić information content (AvgIpc) is 3.15. The number of aryl methyl sites for hydroxylation is 1. The number of anilines is 1. The van der Waals surface area contributed by atoms with Crippen LogP contribution in [-0.2, 0) is 35.0 Å². The Labute approximate surface area is 198 Å². The number of sulfone groups is 1. The van der Waals surface area contributed by atoms with Gasteiger partial charge in [0.1, 0.15) is 5.00 Å². The molecule has 0 spiro atoms. The third kappa shape index (κ3) is 5.89. The Bertz CT molecular complexity index is 1260. The van der Waals surface area contributed by atoms with E-state index in [0.29, 0.717) is 28.2 Å². The second-order valence-electron chi connectivity index (χ2n) is 8.30. The molecule has 0 aliphatic heterocycles. The predicted octanol–water partition coefficient (Wildman–Crippen LogP) is 4.35. The first kappa shape index (κ1) is 23.2. The molecular weight excluding hydrogens is 456 g/mol. The van der Waals surface area contributed by atoms with Crippen molar-refractivity contribution < 1.29 is 18.0 Å². The van der Waals surface area contributed by atoms with Crippen LogP contribution in [-0.4, -0.2) is 26.5 Å². The monoisotopic (exact) mass is 482 g/mol. The molecule has 0 bridgehead atoms. The number of rotatable bonds is 7. The van der Waals surface area contributed by atoms with Crippen LogP contribution in [0.15, 0.2) is 54.6 Å². The first-order valence-electron chi connectivity index (χ1n) is 10.8.